The fourth-order valence-electron chi connectivity index (χ4n) is 2.72. The molecule has 1 rings (SSSR count). The highest BCUT2D eigenvalue weighted by atomic mass is 32.2. The summed E-state index contributed by atoms with van der Waals surface area (Å²) >= 11 is 0. The lowest BCUT2D eigenvalue weighted by Crippen LogP contribution is -2.38. The minimum atomic E-state index is -3.09. The molecule has 8 heteroatoms. The van der Waals surface area contributed by atoms with E-state index in [2.05, 4.69) is 10.0 Å². The second-order valence-corrected chi connectivity index (χ2v) is 7.61. The maximum atomic E-state index is 10.8. The molecule has 0 aliphatic heterocycles. The first-order chi connectivity index (χ1) is 9.85. The van der Waals surface area contributed by atoms with E-state index in [0.717, 1.165) is 38.5 Å². The van der Waals surface area contributed by atoms with Crippen LogP contribution in [-0.4, -0.2) is 67.9 Å². The van der Waals surface area contributed by atoms with E-state index in [1.165, 1.54) is 0 Å². The van der Waals surface area contributed by atoms with E-state index in [9.17, 15) is 23.7 Å². The van der Waals surface area contributed by atoms with Gasteiger partial charge in [-0.3, -0.25) is 0 Å². The van der Waals surface area contributed by atoms with E-state index in [1.807, 2.05) is 0 Å². The molecule has 0 spiro atoms. The number of aliphatic hydroxyl groups is 3. The van der Waals surface area contributed by atoms with Gasteiger partial charge < -0.3 is 20.6 Å². The Balaban J connectivity index is 2.04. The van der Waals surface area contributed by atoms with Crippen LogP contribution in [0.3, 0.4) is 0 Å². The summed E-state index contributed by atoms with van der Waals surface area (Å²) in [6.45, 7) is 1.10. The highest BCUT2D eigenvalue weighted by Gasteiger charge is 2.40. The lowest BCUT2D eigenvalue weighted by atomic mass is 10.0. The van der Waals surface area contributed by atoms with Gasteiger partial charge in [0.05, 0.1) is 18.5 Å². The van der Waals surface area contributed by atoms with E-state index >= 15 is 0 Å². The molecule has 0 radical (unpaired) electrons. The quantitative estimate of drug-likeness (QED) is 0.322. The first-order valence-corrected chi connectivity index (χ1v) is 9.39. The third-order valence-corrected chi connectivity index (χ3v) is 4.66. The summed E-state index contributed by atoms with van der Waals surface area (Å²) in [6, 6.07) is -0.0492. The van der Waals surface area contributed by atoms with Crippen LogP contribution in [0, 0.1) is 5.92 Å². The average Bonchev–Trinajstić information content (AvgIpc) is 2.66. The van der Waals surface area contributed by atoms with E-state index in [1.54, 1.807) is 0 Å². The molecule has 0 unspecified atom stereocenters. The average molecular weight is 324 g/mol. The van der Waals surface area contributed by atoms with Gasteiger partial charge in [0.2, 0.25) is 10.0 Å². The van der Waals surface area contributed by atoms with Crippen molar-refractivity contribution in [1.29, 1.82) is 0 Å². The minimum Gasteiger partial charge on any atom is -0.396 e. The second kappa shape index (κ2) is 9.02. The van der Waals surface area contributed by atoms with Crippen molar-refractivity contribution in [1.82, 2.24) is 10.0 Å². The third kappa shape index (κ3) is 7.03. The molecule has 5 N–H and O–H groups in total. The van der Waals surface area contributed by atoms with Crippen LogP contribution in [0.25, 0.3) is 0 Å². The van der Waals surface area contributed by atoms with Crippen molar-refractivity contribution in [3.8, 4) is 0 Å². The standard InChI is InChI=1S/C13H28N2O5S/c1-21(19,20)15-7-5-3-2-4-6-14-11-8-12(17)13(18)10(11)9-16/h10-18H,2-9H2,1H3/t10-,11-,12+,13-/m0/s1. The van der Waals surface area contributed by atoms with Gasteiger partial charge >= 0.3 is 0 Å². The summed E-state index contributed by atoms with van der Waals surface area (Å²) in [6.07, 6.45) is 3.69. The van der Waals surface area contributed by atoms with Gasteiger partial charge in [0.15, 0.2) is 0 Å². The number of aliphatic hydroxyl groups excluding tert-OH is 3. The van der Waals surface area contributed by atoms with E-state index in [-0.39, 0.29) is 18.6 Å². The van der Waals surface area contributed by atoms with Gasteiger partial charge in [-0.15, -0.1) is 0 Å². The van der Waals surface area contributed by atoms with Crippen LogP contribution >= 0.6 is 0 Å². The molecule has 0 aromatic heterocycles. The molecule has 126 valence electrons. The normalized spacial score (nSPS) is 29.9. The molecule has 0 bridgehead atoms. The molecule has 1 aliphatic rings. The van der Waals surface area contributed by atoms with Crippen LogP contribution in [0.4, 0.5) is 0 Å². The van der Waals surface area contributed by atoms with Gasteiger partial charge in [-0.05, 0) is 25.8 Å². The lowest BCUT2D eigenvalue weighted by molar-refractivity contribution is 0.00496. The lowest BCUT2D eigenvalue weighted by Gasteiger charge is -2.20. The maximum absolute atomic E-state index is 10.8. The highest BCUT2D eigenvalue weighted by molar-refractivity contribution is 7.88. The van der Waals surface area contributed by atoms with Crippen molar-refractivity contribution in [3.05, 3.63) is 0 Å². The molecule has 0 aromatic rings. The number of nitrogens with one attached hydrogen (secondary N) is 2. The maximum Gasteiger partial charge on any atom is 0.208 e. The molecule has 1 aliphatic carbocycles. The Bertz CT molecular complexity index is 390. The molecule has 0 saturated heterocycles. The summed E-state index contributed by atoms with van der Waals surface area (Å²) in [5.74, 6) is -0.307. The predicted octanol–water partition coefficient (Wildman–Crippen LogP) is -1.21. The Hall–Kier alpha value is -0.250. The summed E-state index contributed by atoms with van der Waals surface area (Å²) in [5.41, 5.74) is 0. The van der Waals surface area contributed by atoms with Crippen LogP contribution in [0.5, 0.6) is 0 Å². The fraction of sp³-hybridized carbons (Fsp3) is 1.00. The van der Waals surface area contributed by atoms with Crippen LogP contribution in [0.15, 0.2) is 0 Å². The molecule has 4 atom stereocenters. The topological polar surface area (TPSA) is 119 Å². The van der Waals surface area contributed by atoms with Crippen LogP contribution in [0.1, 0.15) is 32.1 Å². The van der Waals surface area contributed by atoms with E-state index < -0.39 is 22.2 Å². The first-order valence-electron chi connectivity index (χ1n) is 7.50. The third-order valence-electron chi connectivity index (χ3n) is 3.93. The fourth-order valence-corrected chi connectivity index (χ4v) is 3.23. The summed E-state index contributed by atoms with van der Waals surface area (Å²) < 4.78 is 24.1. The van der Waals surface area contributed by atoms with Gasteiger partial charge in [0.1, 0.15) is 0 Å². The van der Waals surface area contributed by atoms with Gasteiger partial charge in [0.25, 0.3) is 0 Å². The summed E-state index contributed by atoms with van der Waals surface area (Å²) in [5, 5.41) is 31.8. The number of rotatable bonds is 10. The zero-order valence-corrected chi connectivity index (χ0v) is 13.3. The Labute approximate surface area is 126 Å². The van der Waals surface area contributed by atoms with Crippen molar-refractivity contribution in [2.45, 2.75) is 50.4 Å². The molecule has 7 nitrogen and oxygen atoms in total. The zero-order chi connectivity index (χ0) is 15.9. The minimum absolute atomic E-state index is 0.0492. The zero-order valence-electron chi connectivity index (χ0n) is 12.5. The van der Waals surface area contributed by atoms with E-state index in [0.29, 0.717) is 13.0 Å². The smallest absolute Gasteiger partial charge is 0.208 e. The number of hydrogen-bond acceptors (Lipinski definition) is 6. The largest absolute Gasteiger partial charge is 0.396 e. The second-order valence-electron chi connectivity index (χ2n) is 5.78. The Kier molecular flexibility index (Phi) is 8.07. The Morgan fingerprint density at radius 1 is 1.10 bits per heavy atom. The van der Waals surface area contributed by atoms with Crippen molar-refractivity contribution < 1.29 is 23.7 Å². The first kappa shape index (κ1) is 18.8. The van der Waals surface area contributed by atoms with Crippen LogP contribution in [0.2, 0.25) is 0 Å². The van der Waals surface area contributed by atoms with Crippen molar-refractivity contribution >= 4 is 10.0 Å². The summed E-state index contributed by atoms with van der Waals surface area (Å²) in [4.78, 5) is 0. The van der Waals surface area contributed by atoms with Crippen LogP contribution in [-0.2, 0) is 10.0 Å². The molecule has 0 heterocycles. The number of unbranched alkanes of at least 4 members (excludes halogenated alkanes) is 3. The molecule has 1 fully saturated rings. The molecule has 1 saturated carbocycles. The van der Waals surface area contributed by atoms with Gasteiger partial charge in [-0.1, -0.05) is 12.8 Å². The molecular weight excluding hydrogens is 296 g/mol. The molecule has 0 amide bonds. The van der Waals surface area contributed by atoms with Gasteiger partial charge in [-0.2, -0.15) is 0 Å². The predicted molar refractivity (Wildman–Crippen MR) is 80.3 cm³/mol. The van der Waals surface area contributed by atoms with Gasteiger partial charge in [-0.25, -0.2) is 13.1 Å². The Morgan fingerprint density at radius 3 is 2.29 bits per heavy atom. The highest BCUT2D eigenvalue weighted by Crippen LogP contribution is 2.26. The molecule has 21 heavy (non-hydrogen) atoms. The molecule has 0 aromatic carbocycles. The van der Waals surface area contributed by atoms with Crippen molar-refractivity contribution in [3.63, 3.8) is 0 Å². The molecular formula is C13H28N2O5S. The van der Waals surface area contributed by atoms with Crippen LogP contribution < -0.4 is 10.0 Å². The number of hydrogen-bond donors (Lipinski definition) is 5. The van der Waals surface area contributed by atoms with Gasteiger partial charge in [0, 0.05) is 25.1 Å². The van der Waals surface area contributed by atoms with E-state index in [4.69, 9.17) is 0 Å². The SMILES string of the molecule is CS(=O)(=O)NCCCCCCN[C@H]1C[C@@H](O)[C@@H](O)[C@H]1CO. The summed E-state index contributed by atoms with van der Waals surface area (Å²) in [7, 11) is -3.09. The van der Waals surface area contributed by atoms with Crippen molar-refractivity contribution in [2.75, 3.05) is 26.0 Å². The number of sulfonamides is 1. The Morgan fingerprint density at radius 2 is 1.71 bits per heavy atom. The van der Waals surface area contributed by atoms with Crippen molar-refractivity contribution in [2.24, 2.45) is 5.92 Å². The monoisotopic (exact) mass is 324 g/mol.